The molecule has 6 nitrogen and oxygen atoms in total. The summed E-state index contributed by atoms with van der Waals surface area (Å²) in [5, 5.41) is 16.7. The highest BCUT2D eigenvalue weighted by Crippen LogP contribution is 2.23. The van der Waals surface area contributed by atoms with Crippen LogP contribution in [0.1, 0.15) is 12.5 Å². The predicted molar refractivity (Wildman–Crippen MR) is 76.8 cm³/mol. The summed E-state index contributed by atoms with van der Waals surface area (Å²) in [5.41, 5.74) is 0.134. The Bertz CT molecular complexity index is 599. The zero-order chi connectivity index (χ0) is 15.7. The van der Waals surface area contributed by atoms with Crippen molar-refractivity contribution in [3.05, 3.63) is 27.8 Å². The number of halogens is 3. The lowest BCUT2D eigenvalue weighted by molar-refractivity contribution is 0.105. The summed E-state index contributed by atoms with van der Waals surface area (Å²) in [6, 6.07) is 0.841. The van der Waals surface area contributed by atoms with E-state index < -0.39 is 11.9 Å². The molecule has 1 saturated heterocycles. The highest BCUT2D eigenvalue weighted by molar-refractivity contribution is 6.34. The van der Waals surface area contributed by atoms with E-state index in [0.29, 0.717) is 6.54 Å². The number of aromatic nitrogens is 1. The van der Waals surface area contributed by atoms with E-state index in [9.17, 15) is 9.18 Å². The van der Waals surface area contributed by atoms with Crippen LogP contribution in [0.4, 0.5) is 9.18 Å². The lowest BCUT2D eigenvalue weighted by atomic mass is 10.1. The zero-order valence-electron chi connectivity index (χ0n) is 11.1. The van der Waals surface area contributed by atoms with Gasteiger partial charge in [-0.25, -0.2) is 14.2 Å². The molecule has 114 valence electrons. The molecule has 1 aromatic heterocycles. The average molecular weight is 335 g/mol. The van der Waals surface area contributed by atoms with Gasteiger partial charge in [-0.15, -0.1) is 0 Å². The molecule has 2 heterocycles. The molecule has 1 fully saturated rings. The van der Waals surface area contributed by atoms with E-state index >= 15 is 0 Å². The topological polar surface area (TPSA) is 80.5 Å². The molecular weight excluding hydrogens is 322 g/mol. The summed E-state index contributed by atoms with van der Waals surface area (Å²) in [4.78, 5) is 17.5. The molecule has 1 aliphatic heterocycles. The predicted octanol–water partition coefficient (Wildman–Crippen LogP) is 2.54. The Balaban J connectivity index is 2.21. The molecule has 2 N–H and O–H groups in total. The van der Waals surface area contributed by atoms with Crippen LogP contribution >= 0.6 is 23.2 Å². The van der Waals surface area contributed by atoms with Crippen LogP contribution in [0.25, 0.3) is 0 Å². The number of nitrogens with zero attached hydrogens (tertiary/aromatic N) is 3. The molecule has 0 radical (unpaired) electrons. The first kappa shape index (κ1) is 15.8. The number of amides is 1. The van der Waals surface area contributed by atoms with Crippen LogP contribution < -0.4 is 0 Å². The standard InChI is InChI=1S/C12H13Cl2FN4O2/c1-6-5-18(12(20)21)2-3-19(6)11(16)7-4-8(15)10(14)17-9(7)13/h4,6,16H,2-3,5H2,1H3,(H,20,21). The van der Waals surface area contributed by atoms with Crippen molar-refractivity contribution in [2.75, 3.05) is 19.6 Å². The summed E-state index contributed by atoms with van der Waals surface area (Å²) >= 11 is 11.4. The molecule has 1 aliphatic rings. The van der Waals surface area contributed by atoms with E-state index in [-0.39, 0.29) is 40.8 Å². The molecule has 0 bridgehead atoms. The number of hydrogen-bond donors (Lipinski definition) is 2. The second-order valence-electron chi connectivity index (χ2n) is 4.72. The van der Waals surface area contributed by atoms with Gasteiger partial charge in [-0.2, -0.15) is 0 Å². The zero-order valence-corrected chi connectivity index (χ0v) is 12.6. The molecule has 1 unspecified atom stereocenters. The minimum Gasteiger partial charge on any atom is -0.465 e. The number of rotatable bonds is 1. The van der Waals surface area contributed by atoms with Crippen LogP contribution in [0, 0.1) is 11.2 Å². The van der Waals surface area contributed by atoms with Crippen molar-refractivity contribution in [3.8, 4) is 0 Å². The van der Waals surface area contributed by atoms with Crippen LogP contribution in [-0.4, -0.2) is 57.5 Å². The summed E-state index contributed by atoms with van der Waals surface area (Å²) in [7, 11) is 0. The van der Waals surface area contributed by atoms with E-state index in [1.165, 1.54) is 4.90 Å². The normalized spacial score (nSPS) is 18.8. The van der Waals surface area contributed by atoms with Gasteiger partial charge in [0.1, 0.15) is 11.0 Å². The molecule has 1 aromatic rings. The Kier molecular flexibility index (Phi) is 4.53. The van der Waals surface area contributed by atoms with Gasteiger partial charge in [-0.3, -0.25) is 5.41 Å². The van der Waals surface area contributed by atoms with E-state index in [2.05, 4.69) is 4.98 Å². The average Bonchev–Trinajstić information content (AvgIpc) is 2.42. The van der Waals surface area contributed by atoms with Crippen molar-refractivity contribution in [3.63, 3.8) is 0 Å². The second kappa shape index (κ2) is 6.03. The molecule has 1 amide bonds. The fourth-order valence-electron chi connectivity index (χ4n) is 2.23. The molecular formula is C12H13Cl2FN4O2. The van der Waals surface area contributed by atoms with Gasteiger partial charge in [0.25, 0.3) is 0 Å². The van der Waals surface area contributed by atoms with Crippen LogP contribution in [-0.2, 0) is 0 Å². The van der Waals surface area contributed by atoms with Gasteiger partial charge in [0, 0.05) is 25.7 Å². The van der Waals surface area contributed by atoms with Gasteiger partial charge in [0.15, 0.2) is 11.0 Å². The smallest absolute Gasteiger partial charge is 0.407 e. The van der Waals surface area contributed by atoms with Crippen molar-refractivity contribution in [2.24, 2.45) is 0 Å². The number of carbonyl (C=O) groups is 1. The fraction of sp³-hybridized carbons (Fsp3) is 0.417. The van der Waals surface area contributed by atoms with Crippen molar-refractivity contribution >= 4 is 35.1 Å². The number of pyridine rings is 1. The maximum Gasteiger partial charge on any atom is 0.407 e. The maximum absolute atomic E-state index is 13.5. The van der Waals surface area contributed by atoms with Gasteiger partial charge in [-0.05, 0) is 13.0 Å². The number of piperazine rings is 1. The third-order valence-corrected chi connectivity index (χ3v) is 3.88. The minimum atomic E-state index is -0.995. The fourth-order valence-corrected chi connectivity index (χ4v) is 2.64. The minimum absolute atomic E-state index is 0.000561. The van der Waals surface area contributed by atoms with Crippen molar-refractivity contribution in [2.45, 2.75) is 13.0 Å². The highest BCUT2D eigenvalue weighted by atomic mass is 35.5. The van der Waals surface area contributed by atoms with Gasteiger partial charge in [0.05, 0.1) is 5.56 Å². The summed E-state index contributed by atoms with van der Waals surface area (Å²) in [6.45, 7) is 2.64. The van der Waals surface area contributed by atoms with Gasteiger partial charge in [-0.1, -0.05) is 23.2 Å². The molecule has 0 aliphatic carbocycles. The van der Waals surface area contributed by atoms with Crippen LogP contribution in [0.3, 0.4) is 0 Å². The van der Waals surface area contributed by atoms with Crippen molar-refractivity contribution < 1.29 is 14.3 Å². The SMILES string of the molecule is CC1CN(C(=O)O)CCN1C(=N)c1cc(F)c(Cl)nc1Cl. The largest absolute Gasteiger partial charge is 0.465 e. The Morgan fingerprint density at radius 2 is 2.14 bits per heavy atom. The third kappa shape index (κ3) is 3.19. The van der Waals surface area contributed by atoms with Crippen LogP contribution in [0.15, 0.2) is 6.07 Å². The number of amidine groups is 1. The third-order valence-electron chi connectivity index (χ3n) is 3.33. The van der Waals surface area contributed by atoms with Crippen molar-refractivity contribution in [1.82, 2.24) is 14.8 Å². The van der Waals surface area contributed by atoms with E-state index in [1.807, 2.05) is 0 Å². The highest BCUT2D eigenvalue weighted by Gasteiger charge is 2.29. The molecule has 21 heavy (non-hydrogen) atoms. The number of nitrogens with one attached hydrogen (secondary N) is 1. The van der Waals surface area contributed by atoms with Gasteiger partial charge >= 0.3 is 6.09 Å². The van der Waals surface area contributed by atoms with Gasteiger partial charge in [0.2, 0.25) is 0 Å². The van der Waals surface area contributed by atoms with E-state index in [4.69, 9.17) is 33.7 Å². The van der Waals surface area contributed by atoms with Gasteiger partial charge < -0.3 is 14.9 Å². The second-order valence-corrected chi connectivity index (χ2v) is 5.44. The molecule has 9 heteroatoms. The first-order chi connectivity index (χ1) is 9.81. The molecule has 0 saturated carbocycles. The molecule has 0 aromatic carbocycles. The first-order valence-corrected chi connectivity index (χ1v) is 6.91. The lowest BCUT2D eigenvalue weighted by Crippen LogP contribution is -2.55. The maximum atomic E-state index is 13.5. The Labute approximate surface area is 130 Å². The Morgan fingerprint density at radius 1 is 1.48 bits per heavy atom. The Morgan fingerprint density at radius 3 is 2.71 bits per heavy atom. The van der Waals surface area contributed by atoms with E-state index in [1.54, 1.807) is 11.8 Å². The Hall–Kier alpha value is -1.60. The molecule has 1 atom stereocenters. The number of carboxylic acid groups (broad SMARTS) is 1. The van der Waals surface area contributed by atoms with Crippen LogP contribution in [0.2, 0.25) is 10.3 Å². The van der Waals surface area contributed by atoms with E-state index in [0.717, 1.165) is 6.07 Å². The number of hydrogen-bond acceptors (Lipinski definition) is 3. The van der Waals surface area contributed by atoms with Crippen molar-refractivity contribution in [1.29, 1.82) is 5.41 Å². The quantitative estimate of drug-likeness (QED) is 0.470. The monoisotopic (exact) mass is 334 g/mol. The lowest BCUT2D eigenvalue weighted by Gasteiger charge is -2.40. The summed E-state index contributed by atoms with van der Waals surface area (Å²) < 4.78 is 13.5. The summed E-state index contributed by atoms with van der Waals surface area (Å²) in [5.74, 6) is -0.752. The van der Waals surface area contributed by atoms with Crippen LogP contribution in [0.5, 0.6) is 0 Å². The first-order valence-electron chi connectivity index (χ1n) is 6.16. The summed E-state index contributed by atoms with van der Waals surface area (Å²) in [6.07, 6.45) is -0.995. The molecule has 0 spiro atoms. The molecule has 2 rings (SSSR count).